The fraction of sp³-hybridized carbons (Fsp3) is 0.923. The number of nitrogens with one attached hydrogen (secondary N) is 1. The summed E-state index contributed by atoms with van der Waals surface area (Å²) in [4.78, 5) is 11.7. The molecule has 0 aromatic rings. The van der Waals surface area contributed by atoms with Crippen LogP contribution in [0.3, 0.4) is 0 Å². The predicted molar refractivity (Wildman–Crippen MR) is 70.8 cm³/mol. The van der Waals surface area contributed by atoms with Gasteiger partial charge in [-0.05, 0) is 40.0 Å². The van der Waals surface area contributed by atoms with Crippen LogP contribution in [-0.4, -0.2) is 30.7 Å². The number of rotatable bonds is 9. The second kappa shape index (κ2) is 8.48. The van der Waals surface area contributed by atoms with Crippen molar-refractivity contribution in [1.82, 2.24) is 5.32 Å². The van der Waals surface area contributed by atoms with E-state index in [1.807, 2.05) is 20.8 Å². The first-order valence-electron chi connectivity index (χ1n) is 6.59. The molecule has 0 spiro atoms. The minimum Gasteiger partial charge on any atom is -0.379 e. The van der Waals surface area contributed by atoms with Crippen molar-refractivity contribution in [3.63, 3.8) is 0 Å². The molecule has 3 N–H and O–H groups in total. The van der Waals surface area contributed by atoms with Gasteiger partial charge in [0.1, 0.15) is 0 Å². The Kier molecular flexibility index (Phi) is 8.17. The molecule has 0 aliphatic heterocycles. The highest BCUT2D eigenvalue weighted by molar-refractivity contribution is 5.85. The maximum Gasteiger partial charge on any atom is 0.239 e. The van der Waals surface area contributed by atoms with Crippen LogP contribution in [0.15, 0.2) is 0 Å². The zero-order valence-electron chi connectivity index (χ0n) is 11.7. The summed E-state index contributed by atoms with van der Waals surface area (Å²) in [5, 5.41) is 2.88. The average molecular weight is 244 g/mol. The summed E-state index contributed by atoms with van der Waals surface area (Å²) >= 11 is 0. The smallest absolute Gasteiger partial charge is 0.239 e. The standard InChI is InChI=1S/C13H28N2O2/c1-5-8-13(4,14)12(16)15-9-6-7-10-17-11(2)3/h11H,5-10,14H2,1-4H3,(H,15,16). The molecule has 0 radical (unpaired) electrons. The van der Waals surface area contributed by atoms with Crippen molar-refractivity contribution < 1.29 is 9.53 Å². The molecule has 17 heavy (non-hydrogen) atoms. The van der Waals surface area contributed by atoms with Crippen LogP contribution in [0.4, 0.5) is 0 Å². The van der Waals surface area contributed by atoms with Gasteiger partial charge in [-0.15, -0.1) is 0 Å². The van der Waals surface area contributed by atoms with Crippen molar-refractivity contribution in [3.05, 3.63) is 0 Å². The summed E-state index contributed by atoms with van der Waals surface area (Å²) < 4.78 is 5.42. The van der Waals surface area contributed by atoms with Crippen molar-refractivity contribution in [1.29, 1.82) is 0 Å². The van der Waals surface area contributed by atoms with Gasteiger partial charge in [-0.2, -0.15) is 0 Å². The lowest BCUT2D eigenvalue weighted by atomic mass is 9.96. The maximum atomic E-state index is 11.7. The van der Waals surface area contributed by atoms with Crippen LogP contribution in [0, 0.1) is 0 Å². The molecule has 0 saturated carbocycles. The van der Waals surface area contributed by atoms with E-state index < -0.39 is 5.54 Å². The highest BCUT2D eigenvalue weighted by Crippen LogP contribution is 2.08. The van der Waals surface area contributed by atoms with Gasteiger partial charge in [0.15, 0.2) is 0 Å². The summed E-state index contributed by atoms with van der Waals surface area (Å²) in [6.45, 7) is 9.29. The van der Waals surface area contributed by atoms with Gasteiger partial charge in [0.2, 0.25) is 5.91 Å². The number of hydrogen-bond donors (Lipinski definition) is 2. The molecule has 0 fully saturated rings. The highest BCUT2D eigenvalue weighted by atomic mass is 16.5. The average Bonchev–Trinajstić information content (AvgIpc) is 2.22. The van der Waals surface area contributed by atoms with Crippen LogP contribution in [0.2, 0.25) is 0 Å². The fourth-order valence-electron chi connectivity index (χ4n) is 1.58. The van der Waals surface area contributed by atoms with Gasteiger partial charge >= 0.3 is 0 Å². The Balaban J connectivity index is 3.58. The topological polar surface area (TPSA) is 64.4 Å². The molecule has 1 atom stereocenters. The van der Waals surface area contributed by atoms with Crippen molar-refractivity contribution in [2.45, 2.75) is 65.0 Å². The molecule has 0 bridgehead atoms. The van der Waals surface area contributed by atoms with Crippen LogP contribution in [0.1, 0.15) is 53.4 Å². The molecular formula is C13H28N2O2. The first kappa shape index (κ1) is 16.4. The van der Waals surface area contributed by atoms with Crippen LogP contribution < -0.4 is 11.1 Å². The summed E-state index contributed by atoms with van der Waals surface area (Å²) in [7, 11) is 0. The largest absolute Gasteiger partial charge is 0.379 e. The van der Waals surface area contributed by atoms with Gasteiger partial charge in [0, 0.05) is 13.2 Å². The number of ether oxygens (including phenoxy) is 1. The summed E-state index contributed by atoms with van der Waals surface area (Å²) in [5.41, 5.74) is 5.18. The van der Waals surface area contributed by atoms with Gasteiger partial charge in [0.25, 0.3) is 0 Å². The Morgan fingerprint density at radius 3 is 2.59 bits per heavy atom. The van der Waals surface area contributed by atoms with E-state index >= 15 is 0 Å². The third-order valence-electron chi connectivity index (χ3n) is 2.60. The van der Waals surface area contributed by atoms with Crippen molar-refractivity contribution in [2.24, 2.45) is 5.73 Å². The number of nitrogens with two attached hydrogens (primary N) is 1. The molecule has 4 nitrogen and oxygen atoms in total. The molecule has 0 rings (SSSR count). The highest BCUT2D eigenvalue weighted by Gasteiger charge is 2.26. The lowest BCUT2D eigenvalue weighted by molar-refractivity contribution is -0.126. The third-order valence-corrected chi connectivity index (χ3v) is 2.60. The lowest BCUT2D eigenvalue weighted by Crippen LogP contribution is -2.51. The molecule has 1 amide bonds. The SMILES string of the molecule is CCCC(C)(N)C(=O)NCCCCOC(C)C. The molecule has 102 valence electrons. The molecule has 0 aliphatic rings. The Labute approximate surface area is 105 Å². The zero-order chi connectivity index (χ0) is 13.3. The van der Waals surface area contributed by atoms with Gasteiger partial charge in [0.05, 0.1) is 11.6 Å². The molecule has 0 aromatic heterocycles. The van der Waals surface area contributed by atoms with E-state index in [0.717, 1.165) is 32.3 Å². The van der Waals surface area contributed by atoms with E-state index in [1.165, 1.54) is 0 Å². The molecule has 4 heteroatoms. The number of hydrogen-bond acceptors (Lipinski definition) is 3. The molecule has 1 unspecified atom stereocenters. The molecule has 0 aliphatic carbocycles. The third kappa shape index (κ3) is 8.16. The number of unbranched alkanes of at least 4 members (excludes halogenated alkanes) is 1. The van der Waals surface area contributed by atoms with E-state index in [1.54, 1.807) is 6.92 Å². The van der Waals surface area contributed by atoms with Crippen LogP contribution in [-0.2, 0) is 9.53 Å². The van der Waals surface area contributed by atoms with E-state index in [0.29, 0.717) is 6.54 Å². The summed E-state index contributed by atoms with van der Waals surface area (Å²) in [6.07, 6.45) is 3.81. The van der Waals surface area contributed by atoms with E-state index in [4.69, 9.17) is 10.5 Å². The second-order valence-electron chi connectivity index (χ2n) is 5.05. The van der Waals surface area contributed by atoms with E-state index in [9.17, 15) is 4.79 Å². The first-order chi connectivity index (χ1) is 7.90. The second-order valence-corrected chi connectivity index (χ2v) is 5.05. The van der Waals surface area contributed by atoms with Crippen molar-refractivity contribution in [2.75, 3.05) is 13.2 Å². The van der Waals surface area contributed by atoms with E-state index in [-0.39, 0.29) is 12.0 Å². The Bertz CT molecular complexity index is 215. The minimum absolute atomic E-state index is 0.0517. The number of amides is 1. The van der Waals surface area contributed by atoms with Crippen LogP contribution >= 0.6 is 0 Å². The van der Waals surface area contributed by atoms with Gasteiger partial charge in [-0.25, -0.2) is 0 Å². The summed E-state index contributed by atoms with van der Waals surface area (Å²) in [6, 6.07) is 0. The molecule has 0 saturated heterocycles. The van der Waals surface area contributed by atoms with E-state index in [2.05, 4.69) is 5.32 Å². The van der Waals surface area contributed by atoms with Crippen LogP contribution in [0.5, 0.6) is 0 Å². The van der Waals surface area contributed by atoms with Crippen molar-refractivity contribution in [3.8, 4) is 0 Å². The maximum absolute atomic E-state index is 11.7. The number of carbonyl (C=O) groups is 1. The molecule has 0 aromatic carbocycles. The monoisotopic (exact) mass is 244 g/mol. The minimum atomic E-state index is -0.733. The Morgan fingerprint density at radius 2 is 2.06 bits per heavy atom. The molecule has 0 heterocycles. The normalized spacial score (nSPS) is 14.7. The lowest BCUT2D eigenvalue weighted by Gasteiger charge is -2.22. The van der Waals surface area contributed by atoms with Gasteiger partial charge < -0.3 is 15.8 Å². The Hall–Kier alpha value is -0.610. The first-order valence-corrected chi connectivity index (χ1v) is 6.59. The summed E-state index contributed by atoms with van der Waals surface area (Å²) in [5.74, 6) is -0.0517. The quantitative estimate of drug-likeness (QED) is 0.608. The molecular weight excluding hydrogens is 216 g/mol. The predicted octanol–water partition coefficient (Wildman–Crippen LogP) is 1.83. The van der Waals surface area contributed by atoms with Crippen molar-refractivity contribution >= 4 is 5.91 Å². The fourth-order valence-corrected chi connectivity index (χ4v) is 1.58. The van der Waals surface area contributed by atoms with Crippen LogP contribution in [0.25, 0.3) is 0 Å². The van der Waals surface area contributed by atoms with Gasteiger partial charge in [-0.3, -0.25) is 4.79 Å². The van der Waals surface area contributed by atoms with Gasteiger partial charge in [-0.1, -0.05) is 13.3 Å². The Morgan fingerprint density at radius 1 is 1.41 bits per heavy atom. The zero-order valence-corrected chi connectivity index (χ0v) is 11.7. The number of carbonyl (C=O) groups excluding carboxylic acids is 1.